The van der Waals surface area contributed by atoms with E-state index < -0.39 is 40.4 Å². The van der Waals surface area contributed by atoms with Gasteiger partial charge in [0.15, 0.2) is 5.96 Å². The highest BCUT2D eigenvalue weighted by Crippen LogP contribution is 2.08. The molecule has 2 rings (SSSR count). The molecule has 0 aliphatic carbocycles. The highest BCUT2D eigenvalue weighted by molar-refractivity contribution is 7.89. The van der Waals surface area contributed by atoms with E-state index in [0.717, 1.165) is 0 Å². The van der Waals surface area contributed by atoms with Gasteiger partial charge in [-0.25, -0.2) is 8.42 Å². The molecule has 2 amide bonds. The van der Waals surface area contributed by atoms with Gasteiger partial charge in [-0.05, 0) is 36.4 Å². The van der Waals surface area contributed by atoms with E-state index in [2.05, 4.69) is 20.3 Å². The third kappa shape index (κ3) is 7.90. The van der Waals surface area contributed by atoms with Gasteiger partial charge in [-0.1, -0.05) is 18.2 Å². The number of carbonyl (C=O) groups excluding carboxylic acids is 2. The van der Waals surface area contributed by atoms with Crippen molar-refractivity contribution in [2.24, 2.45) is 16.5 Å². The monoisotopic (exact) mass is 476 g/mol. The van der Waals surface area contributed by atoms with Crippen LogP contribution in [0, 0.1) is 0 Å². The summed E-state index contributed by atoms with van der Waals surface area (Å²) in [5.41, 5.74) is 10.8. The van der Waals surface area contributed by atoms with Crippen LogP contribution in [0.25, 0.3) is 0 Å². The molecule has 0 heterocycles. The smallest absolute Gasteiger partial charge is 0.323 e. The van der Waals surface area contributed by atoms with Gasteiger partial charge in [-0.3, -0.25) is 19.4 Å². The minimum Gasteiger partial charge on any atom is -0.480 e. The maximum Gasteiger partial charge on any atom is 0.323 e. The minimum atomic E-state index is -4.10. The van der Waals surface area contributed by atoms with Crippen LogP contribution >= 0.6 is 0 Å². The number of nitrogens with one attached hydrogen (secondary N) is 3. The molecular formula is C20H24N6O6S. The molecule has 2 aromatic carbocycles. The van der Waals surface area contributed by atoms with Crippen molar-refractivity contribution in [2.75, 3.05) is 19.6 Å². The van der Waals surface area contributed by atoms with E-state index in [1.165, 1.54) is 48.5 Å². The molecule has 176 valence electrons. The van der Waals surface area contributed by atoms with Crippen molar-refractivity contribution in [1.29, 1.82) is 0 Å². The second kappa shape index (κ2) is 11.6. The first-order valence-corrected chi connectivity index (χ1v) is 11.1. The van der Waals surface area contributed by atoms with Crippen LogP contribution in [-0.2, 0) is 14.8 Å². The number of carboxylic acid groups (broad SMARTS) is 1. The van der Waals surface area contributed by atoms with Crippen molar-refractivity contribution in [3.8, 4) is 0 Å². The summed E-state index contributed by atoms with van der Waals surface area (Å²) < 4.78 is 26.7. The van der Waals surface area contributed by atoms with Gasteiger partial charge in [0.25, 0.3) is 11.8 Å². The van der Waals surface area contributed by atoms with Crippen molar-refractivity contribution >= 4 is 33.8 Å². The average molecular weight is 477 g/mol. The zero-order valence-corrected chi connectivity index (χ0v) is 18.2. The predicted molar refractivity (Wildman–Crippen MR) is 120 cm³/mol. The summed E-state index contributed by atoms with van der Waals surface area (Å²) in [6.45, 7) is -0.0605. The van der Waals surface area contributed by atoms with Crippen LogP contribution in [0.3, 0.4) is 0 Å². The third-order valence-electron chi connectivity index (χ3n) is 4.22. The van der Waals surface area contributed by atoms with E-state index in [1.807, 2.05) is 0 Å². The lowest BCUT2D eigenvalue weighted by molar-refractivity contribution is -0.138. The zero-order valence-electron chi connectivity index (χ0n) is 17.4. The number of sulfonamides is 1. The summed E-state index contributed by atoms with van der Waals surface area (Å²) in [4.78, 5) is 39.5. The van der Waals surface area contributed by atoms with Gasteiger partial charge in [0.05, 0.1) is 11.4 Å². The average Bonchev–Trinajstić information content (AvgIpc) is 2.79. The van der Waals surface area contributed by atoms with Crippen molar-refractivity contribution in [2.45, 2.75) is 10.9 Å². The Morgan fingerprint density at radius 3 is 1.97 bits per heavy atom. The van der Waals surface area contributed by atoms with Crippen LogP contribution in [0.15, 0.2) is 64.5 Å². The fraction of sp³-hybridized carbons (Fsp3) is 0.200. The number of amides is 2. The first-order chi connectivity index (χ1) is 15.6. The standard InChI is InChI=1S/C20H24N6O6S/c21-20(22)24-11-10-23-17(27)13-6-8-14(9-7-13)18(28)25-12-16(19(29)30)26-33(31,32)15-4-2-1-3-5-15/h1-9,16,26H,10-12H2,(H,23,27)(H,25,28)(H,29,30)(H4,21,22,24)/t16-/m0/s1. The van der Waals surface area contributed by atoms with E-state index in [0.29, 0.717) is 0 Å². The quantitative estimate of drug-likeness (QED) is 0.132. The van der Waals surface area contributed by atoms with Crippen molar-refractivity contribution in [3.63, 3.8) is 0 Å². The highest BCUT2D eigenvalue weighted by atomic mass is 32.2. The van der Waals surface area contributed by atoms with Crippen LogP contribution in [0.5, 0.6) is 0 Å². The molecule has 8 N–H and O–H groups in total. The number of hydrogen-bond acceptors (Lipinski definition) is 6. The number of nitrogens with zero attached hydrogens (tertiary/aromatic N) is 1. The van der Waals surface area contributed by atoms with Crippen molar-refractivity contribution < 1.29 is 27.9 Å². The van der Waals surface area contributed by atoms with E-state index in [1.54, 1.807) is 6.07 Å². The normalized spacial score (nSPS) is 11.8. The van der Waals surface area contributed by atoms with Crippen molar-refractivity contribution in [3.05, 3.63) is 65.7 Å². The van der Waals surface area contributed by atoms with Gasteiger partial charge in [0.2, 0.25) is 10.0 Å². The number of guanidine groups is 1. The molecule has 12 nitrogen and oxygen atoms in total. The SMILES string of the molecule is NC(N)=NCCNC(=O)c1ccc(C(=O)NC[C@H](NS(=O)(=O)c2ccccc2)C(=O)O)cc1. The molecule has 0 bridgehead atoms. The number of carboxylic acids is 1. The lowest BCUT2D eigenvalue weighted by Crippen LogP contribution is -2.48. The van der Waals surface area contributed by atoms with Crippen LogP contribution in [0.4, 0.5) is 0 Å². The molecule has 2 aromatic rings. The van der Waals surface area contributed by atoms with E-state index in [-0.39, 0.29) is 35.1 Å². The Balaban J connectivity index is 1.94. The number of benzene rings is 2. The topological polar surface area (TPSA) is 206 Å². The fourth-order valence-corrected chi connectivity index (χ4v) is 3.77. The second-order valence-electron chi connectivity index (χ2n) is 6.68. The lowest BCUT2D eigenvalue weighted by atomic mass is 10.1. The van der Waals surface area contributed by atoms with Gasteiger partial charge < -0.3 is 27.2 Å². The Morgan fingerprint density at radius 2 is 1.45 bits per heavy atom. The molecule has 0 aliphatic rings. The maximum atomic E-state index is 12.3. The fourth-order valence-electron chi connectivity index (χ4n) is 2.56. The van der Waals surface area contributed by atoms with E-state index >= 15 is 0 Å². The second-order valence-corrected chi connectivity index (χ2v) is 8.39. The number of aliphatic carboxylic acids is 1. The Kier molecular flexibility index (Phi) is 8.89. The first-order valence-electron chi connectivity index (χ1n) is 9.62. The Hall–Kier alpha value is -3.97. The molecule has 0 unspecified atom stereocenters. The van der Waals surface area contributed by atoms with Gasteiger partial charge in [-0.2, -0.15) is 4.72 Å². The van der Waals surface area contributed by atoms with Gasteiger partial charge in [0.1, 0.15) is 6.04 Å². The summed E-state index contributed by atoms with van der Waals surface area (Å²) in [6.07, 6.45) is 0. The summed E-state index contributed by atoms with van der Waals surface area (Å²) in [6, 6.07) is 11.3. The van der Waals surface area contributed by atoms with Gasteiger partial charge >= 0.3 is 5.97 Å². The molecule has 0 saturated heterocycles. The van der Waals surface area contributed by atoms with Crippen LogP contribution in [0.1, 0.15) is 20.7 Å². The van der Waals surface area contributed by atoms with Gasteiger partial charge in [-0.15, -0.1) is 0 Å². The predicted octanol–water partition coefficient (Wildman–Crippen LogP) is -1.15. The summed E-state index contributed by atoms with van der Waals surface area (Å²) in [5.74, 6) is -2.57. The lowest BCUT2D eigenvalue weighted by Gasteiger charge is -2.15. The minimum absolute atomic E-state index is 0.0855. The number of nitrogens with two attached hydrogens (primary N) is 2. The van der Waals surface area contributed by atoms with Crippen molar-refractivity contribution in [1.82, 2.24) is 15.4 Å². The highest BCUT2D eigenvalue weighted by Gasteiger charge is 2.26. The molecule has 0 saturated carbocycles. The molecule has 0 radical (unpaired) electrons. The number of carbonyl (C=O) groups is 3. The molecule has 0 spiro atoms. The van der Waals surface area contributed by atoms with Crippen LogP contribution in [0.2, 0.25) is 0 Å². The Morgan fingerprint density at radius 1 is 0.909 bits per heavy atom. The van der Waals surface area contributed by atoms with Crippen LogP contribution < -0.4 is 26.8 Å². The van der Waals surface area contributed by atoms with Gasteiger partial charge in [0, 0.05) is 24.2 Å². The van der Waals surface area contributed by atoms with Crippen LogP contribution in [-0.4, -0.2) is 62.9 Å². The largest absolute Gasteiger partial charge is 0.480 e. The Labute approximate surface area is 190 Å². The van der Waals surface area contributed by atoms with E-state index in [9.17, 15) is 27.9 Å². The first kappa shape index (κ1) is 25.3. The summed E-state index contributed by atoms with van der Waals surface area (Å²) in [5, 5.41) is 14.3. The molecule has 0 aliphatic heterocycles. The molecule has 0 fully saturated rings. The molecular weight excluding hydrogens is 452 g/mol. The molecule has 0 aromatic heterocycles. The number of aliphatic imine (C=N–C) groups is 1. The maximum absolute atomic E-state index is 12.3. The zero-order chi connectivity index (χ0) is 24.4. The van der Waals surface area contributed by atoms with E-state index in [4.69, 9.17) is 11.5 Å². The summed E-state index contributed by atoms with van der Waals surface area (Å²) in [7, 11) is -4.10. The molecule has 13 heteroatoms. The Bertz CT molecular complexity index is 1120. The molecule has 1 atom stereocenters. The number of hydrogen-bond donors (Lipinski definition) is 6. The number of rotatable bonds is 11. The molecule has 33 heavy (non-hydrogen) atoms. The summed E-state index contributed by atoms with van der Waals surface area (Å²) >= 11 is 0. The third-order valence-corrected chi connectivity index (χ3v) is 5.70.